The number of nitrogens with zero attached hydrogens (tertiary/aromatic N) is 1. The predicted octanol–water partition coefficient (Wildman–Crippen LogP) is 2.42. The molecule has 3 N–H and O–H groups in total. The van der Waals surface area contributed by atoms with E-state index in [1.807, 2.05) is 17.0 Å². The van der Waals surface area contributed by atoms with Crippen LogP contribution in [0.2, 0.25) is 0 Å². The number of ether oxygens (including phenoxy) is 1. The van der Waals surface area contributed by atoms with Crippen LogP contribution >= 0.6 is 12.4 Å². The molecule has 7 heteroatoms. The lowest BCUT2D eigenvalue weighted by Gasteiger charge is -2.37. The number of nitrogens with two attached hydrogens (primary N) is 1. The summed E-state index contributed by atoms with van der Waals surface area (Å²) in [5.41, 5.74) is 6.52. The Labute approximate surface area is 160 Å². The molecule has 1 aromatic carbocycles. The van der Waals surface area contributed by atoms with E-state index < -0.39 is 0 Å². The summed E-state index contributed by atoms with van der Waals surface area (Å²) >= 11 is 0. The maximum atomic E-state index is 12.5. The molecule has 144 valence electrons. The smallest absolute Gasteiger partial charge is 0.260 e. The normalized spacial score (nSPS) is 22.3. The first kappa shape index (κ1) is 20.5. The predicted molar refractivity (Wildman–Crippen MR) is 103 cm³/mol. The third-order valence-corrected chi connectivity index (χ3v) is 4.98. The first-order valence-electron chi connectivity index (χ1n) is 9.10. The SMILES string of the molecule is CC1CCN(C(=O)COc2cccc(NC(=O)C3CC3)c2)C(CN)C1.Cl. The van der Waals surface area contributed by atoms with E-state index in [1.54, 1.807) is 12.1 Å². The van der Waals surface area contributed by atoms with Crippen LogP contribution in [0.4, 0.5) is 5.69 Å². The second-order valence-electron chi connectivity index (χ2n) is 7.19. The van der Waals surface area contributed by atoms with Crippen LogP contribution in [0.1, 0.15) is 32.6 Å². The van der Waals surface area contributed by atoms with Crippen LogP contribution in [0.25, 0.3) is 0 Å². The van der Waals surface area contributed by atoms with Crippen molar-refractivity contribution in [3.63, 3.8) is 0 Å². The molecule has 2 unspecified atom stereocenters. The molecule has 0 radical (unpaired) electrons. The summed E-state index contributed by atoms with van der Waals surface area (Å²) < 4.78 is 5.66. The van der Waals surface area contributed by atoms with E-state index in [4.69, 9.17) is 10.5 Å². The van der Waals surface area contributed by atoms with Crippen molar-refractivity contribution in [3.8, 4) is 5.75 Å². The van der Waals surface area contributed by atoms with Crippen LogP contribution in [0.15, 0.2) is 24.3 Å². The summed E-state index contributed by atoms with van der Waals surface area (Å²) in [5, 5.41) is 2.89. The zero-order valence-corrected chi connectivity index (χ0v) is 16.0. The average molecular weight is 382 g/mol. The second-order valence-corrected chi connectivity index (χ2v) is 7.19. The molecule has 0 aromatic heterocycles. The van der Waals surface area contributed by atoms with Gasteiger partial charge in [-0.05, 0) is 43.7 Å². The molecule has 1 aliphatic heterocycles. The zero-order valence-electron chi connectivity index (χ0n) is 15.1. The Bertz CT molecular complexity index is 636. The molecule has 6 nitrogen and oxygen atoms in total. The summed E-state index contributed by atoms with van der Waals surface area (Å²) in [6.07, 6.45) is 3.89. The fourth-order valence-electron chi connectivity index (χ4n) is 3.28. The zero-order chi connectivity index (χ0) is 17.8. The lowest BCUT2D eigenvalue weighted by Crippen LogP contribution is -2.50. The van der Waals surface area contributed by atoms with Crippen LogP contribution in [-0.4, -0.2) is 42.5 Å². The Hall–Kier alpha value is -1.79. The van der Waals surface area contributed by atoms with E-state index in [2.05, 4.69) is 12.2 Å². The number of nitrogens with one attached hydrogen (secondary N) is 1. The second kappa shape index (κ2) is 9.24. The van der Waals surface area contributed by atoms with Crippen LogP contribution in [0.3, 0.4) is 0 Å². The number of piperidine rings is 1. The van der Waals surface area contributed by atoms with Gasteiger partial charge >= 0.3 is 0 Å². The summed E-state index contributed by atoms with van der Waals surface area (Å²) in [5.74, 6) is 1.36. The lowest BCUT2D eigenvalue weighted by molar-refractivity contribution is -0.137. The number of anilines is 1. The van der Waals surface area contributed by atoms with Gasteiger partial charge in [-0.15, -0.1) is 12.4 Å². The molecule has 1 aromatic rings. The minimum atomic E-state index is -0.0326. The van der Waals surface area contributed by atoms with Crippen LogP contribution in [-0.2, 0) is 9.59 Å². The summed E-state index contributed by atoms with van der Waals surface area (Å²) in [7, 11) is 0. The molecule has 1 saturated heterocycles. The van der Waals surface area contributed by atoms with Gasteiger partial charge in [0.15, 0.2) is 6.61 Å². The molecular formula is C19H28ClN3O3. The topological polar surface area (TPSA) is 84.7 Å². The van der Waals surface area contributed by atoms with Gasteiger partial charge in [0, 0.05) is 36.8 Å². The summed E-state index contributed by atoms with van der Waals surface area (Å²) in [4.78, 5) is 26.2. The van der Waals surface area contributed by atoms with E-state index in [9.17, 15) is 9.59 Å². The van der Waals surface area contributed by atoms with Gasteiger partial charge in [-0.2, -0.15) is 0 Å². The van der Waals surface area contributed by atoms with Gasteiger partial charge in [0.1, 0.15) is 5.75 Å². The number of amides is 2. The first-order valence-corrected chi connectivity index (χ1v) is 9.10. The molecule has 2 amide bonds. The van der Waals surface area contributed by atoms with Gasteiger partial charge in [0.25, 0.3) is 5.91 Å². The highest BCUT2D eigenvalue weighted by atomic mass is 35.5. The molecule has 2 aliphatic rings. The highest BCUT2D eigenvalue weighted by Gasteiger charge is 2.30. The molecule has 26 heavy (non-hydrogen) atoms. The van der Waals surface area contributed by atoms with E-state index >= 15 is 0 Å². The van der Waals surface area contributed by atoms with Gasteiger partial charge in [-0.3, -0.25) is 9.59 Å². The third-order valence-electron chi connectivity index (χ3n) is 4.98. The quantitative estimate of drug-likeness (QED) is 0.792. The van der Waals surface area contributed by atoms with E-state index in [0.717, 1.165) is 32.2 Å². The van der Waals surface area contributed by atoms with Gasteiger partial charge < -0.3 is 20.7 Å². The summed E-state index contributed by atoms with van der Waals surface area (Å²) in [6, 6.07) is 7.29. The van der Waals surface area contributed by atoms with Crippen LogP contribution in [0.5, 0.6) is 5.75 Å². The molecule has 2 fully saturated rings. The van der Waals surface area contributed by atoms with Crippen molar-refractivity contribution in [1.29, 1.82) is 0 Å². The standard InChI is InChI=1S/C19H27N3O3.ClH/c1-13-7-8-22(16(9-13)11-20)18(23)12-25-17-4-2-3-15(10-17)21-19(24)14-5-6-14;/h2-4,10,13-14,16H,5-9,11-12,20H2,1H3,(H,21,24);1H. The van der Waals surface area contributed by atoms with Crippen LogP contribution < -0.4 is 15.8 Å². The number of carbonyl (C=O) groups is 2. The number of halogens is 1. The first-order chi connectivity index (χ1) is 12.1. The molecule has 1 aliphatic carbocycles. The van der Waals surface area contributed by atoms with E-state index in [-0.39, 0.29) is 42.8 Å². The lowest BCUT2D eigenvalue weighted by atomic mass is 9.92. The minimum absolute atomic E-state index is 0. The number of hydrogen-bond acceptors (Lipinski definition) is 4. The third kappa shape index (κ3) is 5.35. The number of carbonyl (C=O) groups excluding carboxylic acids is 2. The molecule has 1 heterocycles. The number of likely N-dealkylation sites (tertiary alicyclic amines) is 1. The monoisotopic (exact) mass is 381 g/mol. The van der Waals surface area contributed by atoms with Gasteiger partial charge in [-0.1, -0.05) is 13.0 Å². The van der Waals surface area contributed by atoms with Crippen molar-refractivity contribution in [2.45, 2.75) is 38.6 Å². The van der Waals surface area contributed by atoms with Gasteiger partial charge in [-0.25, -0.2) is 0 Å². The van der Waals surface area contributed by atoms with Gasteiger partial charge in [0.2, 0.25) is 5.91 Å². The molecule has 0 spiro atoms. The number of benzene rings is 1. The van der Waals surface area contributed by atoms with Crippen LogP contribution in [0, 0.1) is 11.8 Å². The largest absolute Gasteiger partial charge is 0.484 e. The Balaban J connectivity index is 0.00000243. The van der Waals surface area contributed by atoms with E-state index in [1.165, 1.54) is 0 Å². The minimum Gasteiger partial charge on any atom is -0.484 e. The fourth-order valence-corrected chi connectivity index (χ4v) is 3.28. The molecule has 0 bridgehead atoms. The Morgan fingerprint density at radius 3 is 2.77 bits per heavy atom. The van der Waals surface area contributed by atoms with Crippen molar-refractivity contribution < 1.29 is 14.3 Å². The fraction of sp³-hybridized carbons (Fsp3) is 0.579. The van der Waals surface area contributed by atoms with Crippen molar-refractivity contribution in [1.82, 2.24) is 4.90 Å². The Morgan fingerprint density at radius 2 is 2.08 bits per heavy atom. The number of rotatable bonds is 6. The molecule has 3 rings (SSSR count). The maximum Gasteiger partial charge on any atom is 0.260 e. The molecular weight excluding hydrogens is 354 g/mol. The van der Waals surface area contributed by atoms with E-state index in [0.29, 0.717) is 23.9 Å². The molecule has 1 saturated carbocycles. The van der Waals surface area contributed by atoms with Crippen molar-refractivity contribution in [2.75, 3.05) is 25.0 Å². The highest BCUT2D eigenvalue weighted by molar-refractivity contribution is 5.94. The van der Waals surface area contributed by atoms with Crippen molar-refractivity contribution in [3.05, 3.63) is 24.3 Å². The maximum absolute atomic E-state index is 12.5. The van der Waals surface area contributed by atoms with Gasteiger partial charge in [0.05, 0.1) is 0 Å². The van der Waals surface area contributed by atoms with Crippen molar-refractivity contribution in [2.24, 2.45) is 17.6 Å². The number of hydrogen-bond donors (Lipinski definition) is 2. The average Bonchev–Trinajstić information content (AvgIpc) is 3.45. The van der Waals surface area contributed by atoms with Crippen molar-refractivity contribution >= 4 is 29.9 Å². The molecule has 2 atom stereocenters. The Morgan fingerprint density at radius 1 is 1.31 bits per heavy atom. The highest BCUT2D eigenvalue weighted by Crippen LogP contribution is 2.30. The summed E-state index contributed by atoms with van der Waals surface area (Å²) in [6.45, 7) is 3.41. The Kier molecular flexibility index (Phi) is 7.29.